The van der Waals surface area contributed by atoms with Gasteiger partial charge in [-0.15, -0.1) is 10.2 Å². The van der Waals surface area contributed by atoms with Gasteiger partial charge >= 0.3 is 0 Å². The average Bonchev–Trinajstić information content (AvgIpc) is 3.30. The average molecular weight is 389 g/mol. The van der Waals surface area contributed by atoms with Gasteiger partial charge in [0.15, 0.2) is 5.01 Å². The minimum atomic E-state index is 0.267. The number of ether oxygens (including phenoxy) is 1. The molecule has 0 atom stereocenters. The van der Waals surface area contributed by atoms with E-state index in [9.17, 15) is 0 Å². The first-order valence-electron chi connectivity index (χ1n) is 8.74. The molecule has 0 bridgehead atoms. The second-order valence-corrected chi connectivity index (χ2v) is 7.71. The predicted molar refractivity (Wildman–Crippen MR) is 105 cm³/mol. The third-order valence-corrected chi connectivity index (χ3v) is 5.42. The fraction of sp³-hybridized carbons (Fsp3) is 0.211. The van der Waals surface area contributed by atoms with Crippen LogP contribution in [0.3, 0.4) is 0 Å². The van der Waals surface area contributed by atoms with Gasteiger partial charge in [-0.1, -0.05) is 11.3 Å². The van der Waals surface area contributed by atoms with E-state index < -0.39 is 0 Å². The van der Waals surface area contributed by atoms with E-state index in [0.29, 0.717) is 18.8 Å². The number of anilines is 1. The molecule has 0 aromatic carbocycles. The van der Waals surface area contributed by atoms with Gasteiger partial charge < -0.3 is 10.1 Å². The quantitative estimate of drug-likeness (QED) is 0.573. The fourth-order valence-electron chi connectivity index (χ4n) is 3.08. The molecular weight excluding hydrogens is 374 g/mol. The van der Waals surface area contributed by atoms with Crippen LogP contribution in [-0.4, -0.2) is 44.1 Å². The Hall–Kier alpha value is -3.35. The first kappa shape index (κ1) is 16.8. The topological polar surface area (TPSA) is 101 Å². The number of aromatic nitrogens is 5. The molecule has 0 radical (unpaired) electrons. The summed E-state index contributed by atoms with van der Waals surface area (Å²) in [5.41, 5.74) is 4.87. The Kier molecular flexibility index (Phi) is 4.00. The normalized spacial score (nSPS) is 14.0. The van der Waals surface area contributed by atoms with E-state index in [2.05, 4.69) is 31.7 Å². The highest BCUT2D eigenvalue weighted by atomic mass is 32.1. The number of fused-ring (bicyclic) bond motifs is 1. The van der Waals surface area contributed by atoms with E-state index in [-0.39, 0.29) is 6.04 Å². The predicted octanol–water partition coefficient (Wildman–Crippen LogP) is 2.91. The van der Waals surface area contributed by atoms with E-state index in [1.807, 2.05) is 31.3 Å². The SMILES string of the molecule is Cc1nnc(-c2cnc(-c3ccc4cc(C#N)cnn34)cc2NC2COC2)s1. The standard InChI is InChI=1S/C19H15N7OS/c1-11-24-25-19(28-11)15-8-21-17(5-16(15)23-13-9-27-10-13)18-3-2-14-4-12(6-20)7-22-26(14)18/h2-5,7-8,13H,9-10H2,1H3,(H,21,23). The number of nitriles is 1. The number of rotatable bonds is 4. The number of aryl methyl sites for hydroxylation is 1. The van der Waals surface area contributed by atoms with Crippen molar-refractivity contribution in [2.45, 2.75) is 13.0 Å². The molecule has 1 N–H and O–H groups in total. The molecule has 0 amide bonds. The third kappa shape index (κ3) is 2.89. The van der Waals surface area contributed by atoms with Gasteiger partial charge in [-0.05, 0) is 31.2 Å². The van der Waals surface area contributed by atoms with Crippen molar-refractivity contribution in [2.24, 2.45) is 0 Å². The molecule has 1 aliphatic heterocycles. The molecule has 8 nitrogen and oxygen atoms in total. The first-order valence-corrected chi connectivity index (χ1v) is 9.56. The molecule has 0 unspecified atom stereocenters. The number of nitrogens with one attached hydrogen (secondary N) is 1. The molecule has 5 heterocycles. The van der Waals surface area contributed by atoms with Gasteiger partial charge in [-0.3, -0.25) is 4.98 Å². The van der Waals surface area contributed by atoms with Crippen LogP contribution in [0, 0.1) is 18.3 Å². The molecule has 9 heteroatoms. The van der Waals surface area contributed by atoms with Crippen molar-refractivity contribution in [1.29, 1.82) is 5.26 Å². The van der Waals surface area contributed by atoms with E-state index in [4.69, 9.17) is 10.00 Å². The summed E-state index contributed by atoms with van der Waals surface area (Å²) in [6.45, 7) is 3.29. The van der Waals surface area contributed by atoms with E-state index in [1.54, 1.807) is 16.8 Å². The second kappa shape index (κ2) is 6.67. The first-order chi connectivity index (χ1) is 13.7. The van der Waals surface area contributed by atoms with Crippen molar-refractivity contribution in [3.05, 3.63) is 47.2 Å². The summed E-state index contributed by atoms with van der Waals surface area (Å²) in [6, 6.07) is 10.1. The maximum Gasteiger partial charge on any atom is 0.151 e. The van der Waals surface area contributed by atoms with Crippen molar-refractivity contribution in [3.63, 3.8) is 0 Å². The lowest BCUT2D eigenvalue weighted by Gasteiger charge is -2.28. The molecule has 4 aromatic rings. The summed E-state index contributed by atoms with van der Waals surface area (Å²) in [5.74, 6) is 0. The molecular formula is C19H15N7OS. The van der Waals surface area contributed by atoms with Crippen molar-refractivity contribution < 1.29 is 4.74 Å². The Bertz CT molecular complexity index is 1220. The molecule has 1 aliphatic rings. The van der Waals surface area contributed by atoms with Crippen molar-refractivity contribution in [1.82, 2.24) is 24.8 Å². The van der Waals surface area contributed by atoms with Crippen molar-refractivity contribution >= 4 is 22.5 Å². The summed E-state index contributed by atoms with van der Waals surface area (Å²) in [6.07, 6.45) is 3.37. The molecule has 0 spiro atoms. The minimum absolute atomic E-state index is 0.267. The van der Waals surface area contributed by atoms with E-state index >= 15 is 0 Å². The van der Waals surface area contributed by atoms with Crippen molar-refractivity contribution in [2.75, 3.05) is 18.5 Å². The van der Waals surface area contributed by atoms with E-state index in [1.165, 1.54) is 11.3 Å². The molecule has 28 heavy (non-hydrogen) atoms. The lowest BCUT2D eigenvalue weighted by Crippen LogP contribution is -2.40. The highest BCUT2D eigenvalue weighted by molar-refractivity contribution is 7.14. The lowest BCUT2D eigenvalue weighted by atomic mass is 10.1. The van der Waals surface area contributed by atoms with Crippen LogP contribution in [0.15, 0.2) is 36.7 Å². The zero-order chi connectivity index (χ0) is 19.1. The number of pyridine rings is 1. The van der Waals surface area contributed by atoms with Gasteiger partial charge in [-0.25, -0.2) is 4.52 Å². The zero-order valence-electron chi connectivity index (χ0n) is 15.0. The Morgan fingerprint density at radius 2 is 2.14 bits per heavy atom. The lowest BCUT2D eigenvalue weighted by molar-refractivity contribution is 0.0211. The number of hydrogen-bond donors (Lipinski definition) is 1. The highest BCUT2D eigenvalue weighted by Crippen LogP contribution is 2.34. The Labute approximate surface area is 164 Å². The molecule has 4 aromatic heterocycles. The Morgan fingerprint density at radius 1 is 1.25 bits per heavy atom. The van der Waals surface area contributed by atoms with Gasteiger partial charge in [0.1, 0.15) is 11.1 Å². The molecule has 5 rings (SSSR count). The van der Waals surface area contributed by atoms with E-state index in [0.717, 1.165) is 38.2 Å². The number of nitrogens with zero attached hydrogens (tertiary/aromatic N) is 6. The van der Waals surface area contributed by atoms with Gasteiger partial charge in [-0.2, -0.15) is 10.4 Å². The van der Waals surface area contributed by atoms with Crippen LogP contribution >= 0.6 is 11.3 Å². The van der Waals surface area contributed by atoms with Crippen LogP contribution in [-0.2, 0) is 4.74 Å². The maximum atomic E-state index is 9.07. The van der Waals surface area contributed by atoms with Crippen LogP contribution < -0.4 is 5.32 Å². The van der Waals surface area contributed by atoms with Gasteiger partial charge in [0, 0.05) is 11.9 Å². The van der Waals surface area contributed by atoms with Crippen molar-refractivity contribution in [3.8, 4) is 28.0 Å². The maximum absolute atomic E-state index is 9.07. The highest BCUT2D eigenvalue weighted by Gasteiger charge is 2.21. The fourth-order valence-corrected chi connectivity index (χ4v) is 3.80. The van der Waals surface area contributed by atoms with Crippen LogP contribution in [0.2, 0.25) is 0 Å². The third-order valence-electron chi connectivity index (χ3n) is 4.55. The monoisotopic (exact) mass is 389 g/mol. The summed E-state index contributed by atoms with van der Waals surface area (Å²) < 4.78 is 7.08. The molecule has 1 fully saturated rings. The smallest absolute Gasteiger partial charge is 0.151 e. The van der Waals surface area contributed by atoms with Crippen LogP contribution in [0.25, 0.3) is 27.5 Å². The largest absolute Gasteiger partial charge is 0.377 e. The Balaban J connectivity index is 1.60. The summed E-state index contributed by atoms with van der Waals surface area (Å²) in [5, 5.41) is 27.1. The summed E-state index contributed by atoms with van der Waals surface area (Å²) in [4.78, 5) is 4.65. The van der Waals surface area contributed by atoms with Crippen LogP contribution in [0.5, 0.6) is 0 Å². The molecule has 138 valence electrons. The van der Waals surface area contributed by atoms with Crippen LogP contribution in [0.4, 0.5) is 5.69 Å². The molecule has 0 saturated carbocycles. The second-order valence-electron chi connectivity index (χ2n) is 6.53. The van der Waals surface area contributed by atoms with Gasteiger partial charge in [0.05, 0.1) is 53.5 Å². The molecule has 1 saturated heterocycles. The minimum Gasteiger partial charge on any atom is -0.377 e. The molecule has 0 aliphatic carbocycles. The van der Waals surface area contributed by atoms with Gasteiger partial charge in [0.25, 0.3) is 0 Å². The van der Waals surface area contributed by atoms with Crippen LogP contribution in [0.1, 0.15) is 10.6 Å². The zero-order valence-corrected chi connectivity index (χ0v) is 15.8. The number of hydrogen-bond acceptors (Lipinski definition) is 8. The Morgan fingerprint density at radius 3 is 2.86 bits per heavy atom. The van der Waals surface area contributed by atoms with Gasteiger partial charge in [0.2, 0.25) is 0 Å². The summed E-state index contributed by atoms with van der Waals surface area (Å²) >= 11 is 1.54. The summed E-state index contributed by atoms with van der Waals surface area (Å²) in [7, 11) is 0.